The number of nitrogens with zero attached hydrogens (tertiary/aromatic N) is 5. The number of hydrogen-bond acceptors (Lipinski definition) is 6. The number of hydrogen-bond donors (Lipinski definition) is 0. The van der Waals surface area contributed by atoms with Crippen molar-refractivity contribution in [3.05, 3.63) is 47.4 Å². The molecule has 1 saturated heterocycles. The highest BCUT2D eigenvalue weighted by Gasteiger charge is 2.27. The quantitative estimate of drug-likeness (QED) is 0.740. The molecule has 2 aromatic rings. The van der Waals surface area contributed by atoms with Crippen LogP contribution in [0.4, 0.5) is 16.3 Å². The Morgan fingerprint density at radius 1 is 1.07 bits per heavy atom. The van der Waals surface area contributed by atoms with Crippen molar-refractivity contribution >= 4 is 35.1 Å². The minimum absolute atomic E-state index is 0.250. The molecule has 0 aliphatic carbocycles. The molecule has 2 amide bonds. The third kappa shape index (κ3) is 5.38. The SMILES string of the molecule is CN(C(=O)c1cncc(N2CCN(C(=O)OC(C)(C)C)CC2)n1)c1ccc(Cl)cc1. The van der Waals surface area contributed by atoms with Gasteiger partial charge in [-0.05, 0) is 45.0 Å². The Hall–Kier alpha value is -2.87. The van der Waals surface area contributed by atoms with Crippen molar-refractivity contribution < 1.29 is 14.3 Å². The number of halogens is 1. The number of amides is 2. The number of carbonyl (C=O) groups is 2. The van der Waals surface area contributed by atoms with Gasteiger partial charge in [0.2, 0.25) is 0 Å². The molecule has 3 rings (SSSR count). The highest BCUT2D eigenvalue weighted by molar-refractivity contribution is 6.30. The molecule has 0 bridgehead atoms. The number of aromatic nitrogens is 2. The molecule has 30 heavy (non-hydrogen) atoms. The molecule has 1 aromatic heterocycles. The molecule has 0 spiro atoms. The van der Waals surface area contributed by atoms with Gasteiger partial charge < -0.3 is 19.4 Å². The van der Waals surface area contributed by atoms with Gasteiger partial charge in [0.1, 0.15) is 17.1 Å². The normalized spacial score (nSPS) is 14.4. The van der Waals surface area contributed by atoms with E-state index in [9.17, 15) is 9.59 Å². The van der Waals surface area contributed by atoms with Crippen molar-refractivity contribution in [3.63, 3.8) is 0 Å². The highest BCUT2D eigenvalue weighted by atomic mass is 35.5. The van der Waals surface area contributed by atoms with Gasteiger partial charge in [0.25, 0.3) is 5.91 Å². The second kappa shape index (κ2) is 8.87. The zero-order chi connectivity index (χ0) is 21.9. The second-order valence-electron chi connectivity index (χ2n) is 8.06. The average Bonchev–Trinajstić information content (AvgIpc) is 2.72. The molecule has 0 unspecified atom stereocenters. The first-order valence-electron chi connectivity index (χ1n) is 9.72. The molecular formula is C21H26ClN5O3. The molecule has 8 nitrogen and oxygen atoms in total. The second-order valence-corrected chi connectivity index (χ2v) is 8.49. The van der Waals surface area contributed by atoms with Crippen molar-refractivity contribution in [2.45, 2.75) is 26.4 Å². The lowest BCUT2D eigenvalue weighted by molar-refractivity contribution is 0.0240. The lowest BCUT2D eigenvalue weighted by Gasteiger charge is -2.36. The van der Waals surface area contributed by atoms with Crippen molar-refractivity contribution in [3.8, 4) is 0 Å². The summed E-state index contributed by atoms with van der Waals surface area (Å²) in [6, 6.07) is 7.00. The fraction of sp³-hybridized carbons (Fsp3) is 0.429. The molecule has 0 N–H and O–H groups in total. The van der Waals surface area contributed by atoms with Gasteiger partial charge in [0.15, 0.2) is 0 Å². The van der Waals surface area contributed by atoms with E-state index in [1.165, 1.54) is 11.1 Å². The van der Waals surface area contributed by atoms with Crippen LogP contribution >= 0.6 is 11.6 Å². The van der Waals surface area contributed by atoms with Crippen LogP contribution in [0.2, 0.25) is 5.02 Å². The molecule has 2 heterocycles. The van der Waals surface area contributed by atoms with Crippen LogP contribution < -0.4 is 9.80 Å². The molecular weight excluding hydrogens is 406 g/mol. The molecule has 1 aromatic carbocycles. The zero-order valence-corrected chi connectivity index (χ0v) is 18.4. The van der Waals surface area contributed by atoms with E-state index in [0.717, 1.165) is 0 Å². The fourth-order valence-electron chi connectivity index (χ4n) is 3.01. The monoisotopic (exact) mass is 431 g/mol. The predicted octanol–water partition coefficient (Wildman–Crippen LogP) is 3.46. The maximum absolute atomic E-state index is 12.8. The maximum Gasteiger partial charge on any atom is 0.410 e. The lowest BCUT2D eigenvalue weighted by atomic mass is 10.2. The van der Waals surface area contributed by atoms with Gasteiger partial charge in [-0.15, -0.1) is 0 Å². The van der Waals surface area contributed by atoms with Gasteiger partial charge in [-0.2, -0.15) is 0 Å². The Bertz CT molecular complexity index is 906. The molecule has 9 heteroatoms. The van der Waals surface area contributed by atoms with E-state index >= 15 is 0 Å². The van der Waals surface area contributed by atoms with Crippen LogP contribution in [0.15, 0.2) is 36.7 Å². The number of anilines is 2. The predicted molar refractivity (Wildman–Crippen MR) is 116 cm³/mol. The highest BCUT2D eigenvalue weighted by Crippen LogP contribution is 2.20. The fourth-order valence-corrected chi connectivity index (χ4v) is 3.14. The van der Waals surface area contributed by atoms with E-state index in [-0.39, 0.29) is 17.7 Å². The number of rotatable bonds is 3. The van der Waals surface area contributed by atoms with E-state index in [1.807, 2.05) is 25.7 Å². The summed E-state index contributed by atoms with van der Waals surface area (Å²) in [5.41, 5.74) is 0.437. The summed E-state index contributed by atoms with van der Waals surface area (Å²) in [7, 11) is 1.68. The summed E-state index contributed by atoms with van der Waals surface area (Å²) >= 11 is 5.92. The van der Waals surface area contributed by atoms with Gasteiger partial charge in [0.05, 0.1) is 12.4 Å². The van der Waals surface area contributed by atoms with Crippen LogP contribution in [0.25, 0.3) is 0 Å². The van der Waals surface area contributed by atoms with Crippen molar-refractivity contribution in [2.75, 3.05) is 43.0 Å². The summed E-state index contributed by atoms with van der Waals surface area (Å²) in [4.78, 5) is 39.0. The maximum atomic E-state index is 12.8. The van der Waals surface area contributed by atoms with Gasteiger partial charge >= 0.3 is 6.09 Å². The van der Waals surface area contributed by atoms with Crippen LogP contribution in [0.1, 0.15) is 31.3 Å². The molecule has 0 radical (unpaired) electrons. The van der Waals surface area contributed by atoms with E-state index in [0.29, 0.717) is 42.7 Å². The molecule has 1 aliphatic rings. The summed E-state index contributed by atoms with van der Waals surface area (Å²) in [5.74, 6) is 0.341. The topological polar surface area (TPSA) is 78.9 Å². The molecule has 160 valence electrons. The first-order chi connectivity index (χ1) is 14.1. The Labute approximate surface area is 181 Å². The summed E-state index contributed by atoms with van der Waals surface area (Å²) in [6.07, 6.45) is 2.76. The average molecular weight is 432 g/mol. The van der Waals surface area contributed by atoms with Gasteiger partial charge in [-0.1, -0.05) is 11.6 Å². The van der Waals surface area contributed by atoms with Crippen molar-refractivity contribution in [1.29, 1.82) is 0 Å². The Morgan fingerprint density at radius 2 is 1.70 bits per heavy atom. The standard InChI is InChI=1S/C21H26ClN5O3/c1-21(2,3)30-20(29)27-11-9-26(10-12-27)18-14-23-13-17(24-18)19(28)25(4)16-7-5-15(22)6-8-16/h5-8,13-14H,9-12H2,1-4H3. The van der Waals surface area contributed by atoms with Crippen molar-refractivity contribution in [2.24, 2.45) is 0 Å². The number of carbonyl (C=O) groups excluding carboxylic acids is 2. The number of piperazine rings is 1. The Kier molecular flexibility index (Phi) is 6.45. The van der Waals surface area contributed by atoms with E-state index in [1.54, 1.807) is 42.4 Å². The van der Waals surface area contributed by atoms with E-state index < -0.39 is 5.60 Å². The molecule has 1 aliphatic heterocycles. The first kappa shape index (κ1) is 21.8. The van der Waals surface area contributed by atoms with Crippen molar-refractivity contribution in [1.82, 2.24) is 14.9 Å². The number of ether oxygens (including phenoxy) is 1. The van der Waals surface area contributed by atoms with Crippen LogP contribution in [-0.4, -0.2) is 65.7 Å². The van der Waals surface area contributed by atoms with E-state index in [4.69, 9.17) is 16.3 Å². The third-order valence-corrected chi connectivity index (χ3v) is 4.87. The Balaban J connectivity index is 1.65. The van der Waals surface area contributed by atoms with Crippen LogP contribution in [-0.2, 0) is 4.74 Å². The van der Waals surface area contributed by atoms with E-state index in [2.05, 4.69) is 9.97 Å². The van der Waals surface area contributed by atoms with Gasteiger partial charge in [-0.25, -0.2) is 9.78 Å². The summed E-state index contributed by atoms with van der Waals surface area (Å²) in [5, 5.41) is 0.604. The number of benzene rings is 1. The first-order valence-corrected chi connectivity index (χ1v) is 10.1. The third-order valence-electron chi connectivity index (χ3n) is 4.61. The minimum Gasteiger partial charge on any atom is -0.444 e. The Morgan fingerprint density at radius 3 is 2.30 bits per heavy atom. The van der Waals surface area contributed by atoms with Gasteiger partial charge in [-0.3, -0.25) is 9.78 Å². The van der Waals surface area contributed by atoms with Crippen LogP contribution in [0.3, 0.4) is 0 Å². The molecule has 1 fully saturated rings. The molecule has 0 atom stereocenters. The van der Waals surface area contributed by atoms with Gasteiger partial charge in [0, 0.05) is 43.9 Å². The lowest BCUT2D eigenvalue weighted by Crippen LogP contribution is -2.50. The smallest absolute Gasteiger partial charge is 0.410 e. The van der Waals surface area contributed by atoms with Crippen LogP contribution in [0.5, 0.6) is 0 Å². The summed E-state index contributed by atoms with van der Waals surface area (Å²) in [6.45, 7) is 7.73. The minimum atomic E-state index is -0.523. The summed E-state index contributed by atoms with van der Waals surface area (Å²) < 4.78 is 5.43. The zero-order valence-electron chi connectivity index (χ0n) is 17.6. The molecule has 0 saturated carbocycles. The largest absolute Gasteiger partial charge is 0.444 e. The van der Waals surface area contributed by atoms with Crippen LogP contribution in [0, 0.1) is 0 Å².